The van der Waals surface area contributed by atoms with Crippen LogP contribution < -0.4 is 10.9 Å². The fourth-order valence-corrected chi connectivity index (χ4v) is 1.92. The van der Waals surface area contributed by atoms with Crippen LogP contribution in [0.2, 0.25) is 0 Å². The van der Waals surface area contributed by atoms with Gasteiger partial charge in [-0.25, -0.2) is 5.43 Å². The second kappa shape index (κ2) is 2.70. The maximum absolute atomic E-state index is 9.71. The lowest BCUT2D eigenvalue weighted by Crippen LogP contribution is -2.17. The first-order chi connectivity index (χ1) is 6.86. The van der Waals surface area contributed by atoms with Gasteiger partial charge in [0.15, 0.2) is 0 Å². The van der Waals surface area contributed by atoms with Crippen LogP contribution in [0.5, 0.6) is 0 Å². The highest BCUT2D eigenvalue weighted by molar-refractivity contribution is 5.91. The van der Waals surface area contributed by atoms with Gasteiger partial charge in [-0.1, -0.05) is 30.3 Å². The van der Waals surface area contributed by atoms with Crippen molar-refractivity contribution in [2.45, 2.75) is 6.23 Å². The molecule has 1 unspecified atom stereocenters. The third-order valence-corrected chi connectivity index (χ3v) is 2.59. The molecule has 0 radical (unpaired) electrons. The molecule has 3 N–H and O–H groups in total. The number of nitrogens with one attached hydrogen (secondary N) is 2. The van der Waals surface area contributed by atoms with E-state index >= 15 is 0 Å². The topological polar surface area (TPSA) is 44.3 Å². The summed E-state index contributed by atoms with van der Waals surface area (Å²) in [6.07, 6.45) is -0.615. The van der Waals surface area contributed by atoms with E-state index in [-0.39, 0.29) is 0 Å². The Morgan fingerprint density at radius 2 is 1.93 bits per heavy atom. The first-order valence-electron chi connectivity index (χ1n) is 4.57. The van der Waals surface area contributed by atoms with Crippen LogP contribution in [0.4, 0.5) is 5.69 Å². The molecule has 1 atom stereocenters. The first kappa shape index (κ1) is 7.79. The SMILES string of the molecule is OC1NNc2ccc3ccccc3c21. The highest BCUT2D eigenvalue weighted by Gasteiger charge is 2.20. The van der Waals surface area contributed by atoms with Gasteiger partial charge in [0, 0.05) is 5.56 Å². The summed E-state index contributed by atoms with van der Waals surface area (Å²) in [5, 5.41) is 11.9. The average Bonchev–Trinajstić information content (AvgIpc) is 2.61. The summed E-state index contributed by atoms with van der Waals surface area (Å²) in [4.78, 5) is 0. The van der Waals surface area contributed by atoms with E-state index in [4.69, 9.17) is 0 Å². The van der Waals surface area contributed by atoms with E-state index in [0.29, 0.717) is 0 Å². The van der Waals surface area contributed by atoms with Crippen molar-refractivity contribution in [3.05, 3.63) is 42.0 Å². The molecule has 1 aliphatic rings. The molecule has 3 rings (SSSR count). The standard InChI is InChI=1S/C11H10N2O/c14-11-10-8-4-2-1-3-7(8)5-6-9(10)12-13-11/h1-6,11-14H. The van der Waals surface area contributed by atoms with E-state index in [1.165, 1.54) is 0 Å². The summed E-state index contributed by atoms with van der Waals surface area (Å²) in [7, 11) is 0. The molecule has 0 aliphatic carbocycles. The maximum Gasteiger partial charge on any atom is 0.149 e. The zero-order valence-corrected chi connectivity index (χ0v) is 7.49. The molecule has 3 nitrogen and oxygen atoms in total. The quantitative estimate of drug-likeness (QED) is 0.587. The lowest BCUT2D eigenvalue weighted by atomic mass is 10.0. The number of fused-ring (bicyclic) bond motifs is 3. The Morgan fingerprint density at radius 1 is 1.07 bits per heavy atom. The van der Waals surface area contributed by atoms with Crippen molar-refractivity contribution in [2.75, 3.05) is 5.43 Å². The summed E-state index contributed by atoms with van der Waals surface area (Å²) in [5.74, 6) is 0. The molecule has 0 amide bonds. The van der Waals surface area contributed by atoms with Gasteiger partial charge in [0.05, 0.1) is 5.69 Å². The van der Waals surface area contributed by atoms with Crippen LogP contribution in [0.15, 0.2) is 36.4 Å². The third-order valence-electron chi connectivity index (χ3n) is 2.59. The van der Waals surface area contributed by atoms with Gasteiger partial charge in [-0.15, -0.1) is 0 Å². The number of aliphatic hydroxyl groups is 1. The number of hydrazine groups is 1. The highest BCUT2D eigenvalue weighted by atomic mass is 16.3. The Balaban J connectivity index is 2.41. The molecule has 0 fully saturated rings. The summed E-state index contributed by atoms with van der Waals surface area (Å²) < 4.78 is 0. The van der Waals surface area contributed by atoms with Crippen molar-refractivity contribution in [3.63, 3.8) is 0 Å². The van der Waals surface area contributed by atoms with Crippen molar-refractivity contribution in [1.29, 1.82) is 0 Å². The lowest BCUT2D eigenvalue weighted by molar-refractivity contribution is 0.160. The monoisotopic (exact) mass is 186 g/mol. The van der Waals surface area contributed by atoms with Gasteiger partial charge in [-0.05, 0) is 16.8 Å². The molecular formula is C11H10N2O. The van der Waals surface area contributed by atoms with Gasteiger partial charge in [0.1, 0.15) is 6.23 Å². The number of aliphatic hydroxyl groups excluding tert-OH is 1. The van der Waals surface area contributed by atoms with Crippen LogP contribution in [0, 0.1) is 0 Å². The van der Waals surface area contributed by atoms with Crippen molar-refractivity contribution in [1.82, 2.24) is 5.43 Å². The lowest BCUT2D eigenvalue weighted by Gasteiger charge is -2.05. The molecule has 0 saturated heterocycles. The Labute approximate surface area is 81.3 Å². The number of anilines is 1. The number of benzene rings is 2. The van der Waals surface area contributed by atoms with Gasteiger partial charge in [-0.3, -0.25) is 0 Å². The van der Waals surface area contributed by atoms with E-state index in [2.05, 4.69) is 10.9 Å². The molecule has 2 aromatic carbocycles. The molecule has 1 aliphatic heterocycles. The first-order valence-corrected chi connectivity index (χ1v) is 4.57. The van der Waals surface area contributed by atoms with Crippen LogP contribution in [0.1, 0.15) is 11.8 Å². The van der Waals surface area contributed by atoms with Crippen molar-refractivity contribution < 1.29 is 5.11 Å². The number of hydrogen-bond acceptors (Lipinski definition) is 3. The molecule has 14 heavy (non-hydrogen) atoms. The molecule has 2 aromatic rings. The van der Waals surface area contributed by atoms with Gasteiger partial charge in [0.25, 0.3) is 0 Å². The van der Waals surface area contributed by atoms with Crippen LogP contribution in [0.25, 0.3) is 10.8 Å². The van der Waals surface area contributed by atoms with Crippen LogP contribution in [0.3, 0.4) is 0 Å². The normalized spacial score (nSPS) is 19.4. The number of rotatable bonds is 0. The second-order valence-electron chi connectivity index (χ2n) is 3.42. The second-order valence-corrected chi connectivity index (χ2v) is 3.42. The summed E-state index contributed by atoms with van der Waals surface area (Å²) in [5.41, 5.74) is 7.61. The molecule has 70 valence electrons. The van der Waals surface area contributed by atoms with Crippen LogP contribution >= 0.6 is 0 Å². The van der Waals surface area contributed by atoms with Gasteiger partial charge >= 0.3 is 0 Å². The summed E-state index contributed by atoms with van der Waals surface area (Å²) in [6.45, 7) is 0. The molecule has 0 saturated carbocycles. The Bertz CT molecular complexity index is 496. The molecule has 1 heterocycles. The molecule has 0 bridgehead atoms. The maximum atomic E-state index is 9.71. The van der Waals surface area contributed by atoms with Crippen molar-refractivity contribution >= 4 is 16.5 Å². The van der Waals surface area contributed by atoms with Crippen molar-refractivity contribution in [2.24, 2.45) is 0 Å². The summed E-state index contributed by atoms with van der Waals surface area (Å²) >= 11 is 0. The Morgan fingerprint density at radius 3 is 2.86 bits per heavy atom. The minimum Gasteiger partial charge on any atom is -0.373 e. The predicted molar refractivity (Wildman–Crippen MR) is 55.7 cm³/mol. The predicted octanol–water partition coefficient (Wildman–Crippen LogP) is 1.76. The molecular weight excluding hydrogens is 176 g/mol. The largest absolute Gasteiger partial charge is 0.373 e. The Hall–Kier alpha value is -1.58. The summed E-state index contributed by atoms with van der Waals surface area (Å²) in [6, 6.07) is 12.1. The van der Waals surface area contributed by atoms with E-state index in [1.54, 1.807) is 0 Å². The van der Waals surface area contributed by atoms with Gasteiger partial charge < -0.3 is 10.5 Å². The fraction of sp³-hybridized carbons (Fsp3) is 0.0909. The van der Waals surface area contributed by atoms with Crippen molar-refractivity contribution in [3.8, 4) is 0 Å². The zero-order valence-electron chi connectivity index (χ0n) is 7.49. The Kier molecular flexibility index (Phi) is 1.50. The fourth-order valence-electron chi connectivity index (χ4n) is 1.92. The molecule has 3 heteroatoms. The minimum atomic E-state index is -0.615. The third kappa shape index (κ3) is 0.937. The molecule has 0 aromatic heterocycles. The molecule has 0 spiro atoms. The number of hydrogen-bond donors (Lipinski definition) is 3. The highest BCUT2D eigenvalue weighted by Crippen LogP contribution is 2.33. The van der Waals surface area contributed by atoms with Crippen LogP contribution in [-0.4, -0.2) is 5.11 Å². The average molecular weight is 186 g/mol. The smallest absolute Gasteiger partial charge is 0.149 e. The van der Waals surface area contributed by atoms with Crippen LogP contribution in [-0.2, 0) is 0 Å². The van der Waals surface area contributed by atoms with E-state index in [0.717, 1.165) is 22.0 Å². The minimum absolute atomic E-state index is 0.615. The van der Waals surface area contributed by atoms with E-state index in [9.17, 15) is 5.11 Å². The van der Waals surface area contributed by atoms with Gasteiger partial charge in [0.2, 0.25) is 0 Å². The van der Waals surface area contributed by atoms with E-state index < -0.39 is 6.23 Å². The zero-order chi connectivity index (χ0) is 9.54. The van der Waals surface area contributed by atoms with E-state index in [1.807, 2.05) is 36.4 Å². The van der Waals surface area contributed by atoms with Gasteiger partial charge in [-0.2, -0.15) is 0 Å².